The molecule has 0 aliphatic rings. The third-order valence-electron chi connectivity index (χ3n) is 3.80. The van der Waals surface area contributed by atoms with Gasteiger partial charge in [-0.2, -0.15) is 5.26 Å². The van der Waals surface area contributed by atoms with Gasteiger partial charge in [0.2, 0.25) is 0 Å². The monoisotopic (exact) mass is 352 g/mol. The zero-order valence-corrected chi connectivity index (χ0v) is 15.1. The molecule has 0 saturated heterocycles. The molecule has 2 rings (SSSR count). The second-order valence-electron chi connectivity index (χ2n) is 5.69. The Morgan fingerprint density at radius 3 is 2.46 bits per heavy atom. The summed E-state index contributed by atoms with van der Waals surface area (Å²) >= 11 is 0. The molecule has 0 radical (unpaired) electrons. The molecule has 0 unspecified atom stereocenters. The van der Waals surface area contributed by atoms with Crippen LogP contribution in [0.5, 0.6) is 5.75 Å². The van der Waals surface area contributed by atoms with Gasteiger partial charge in [-0.3, -0.25) is 4.79 Å². The molecule has 5 nitrogen and oxygen atoms in total. The van der Waals surface area contributed by atoms with Crippen LogP contribution in [0.1, 0.15) is 29.3 Å². The van der Waals surface area contributed by atoms with E-state index in [1.165, 1.54) is 0 Å². The van der Waals surface area contributed by atoms with Gasteiger partial charge in [-0.1, -0.05) is 30.3 Å². The summed E-state index contributed by atoms with van der Waals surface area (Å²) in [5, 5.41) is 8.88. The quantitative estimate of drug-likeness (QED) is 0.612. The van der Waals surface area contributed by atoms with Gasteiger partial charge >= 0.3 is 0 Å². The minimum atomic E-state index is -0.0926. The van der Waals surface area contributed by atoms with Crippen LogP contribution in [0.15, 0.2) is 54.6 Å². The van der Waals surface area contributed by atoms with Crippen LogP contribution in [0.4, 0.5) is 0 Å². The number of nitriles is 1. The molecule has 0 aliphatic heterocycles. The maximum atomic E-state index is 12.8. The van der Waals surface area contributed by atoms with Crippen molar-refractivity contribution < 1.29 is 14.3 Å². The van der Waals surface area contributed by atoms with Crippen molar-refractivity contribution in [3.05, 3.63) is 65.7 Å². The molecule has 2 aromatic rings. The van der Waals surface area contributed by atoms with Gasteiger partial charge < -0.3 is 14.4 Å². The van der Waals surface area contributed by atoms with Crippen LogP contribution in [0, 0.1) is 11.3 Å². The number of ether oxygens (including phenoxy) is 2. The number of carbonyl (C=O) groups excluding carboxylic acids is 1. The number of amides is 1. The van der Waals surface area contributed by atoms with Gasteiger partial charge in [0, 0.05) is 25.3 Å². The Hall–Kier alpha value is -2.84. The van der Waals surface area contributed by atoms with Crippen LogP contribution in [0.25, 0.3) is 0 Å². The van der Waals surface area contributed by atoms with Gasteiger partial charge in [-0.25, -0.2) is 0 Å². The lowest BCUT2D eigenvalue weighted by Gasteiger charge is -2.22. The highest BCUT2D eigenvalue weighted by molar-refractivity contribution is 5.94. The topological polar surface area (TPSA) is 62.6 Å². The molecule has 136 valence electrons. The van der Waals surface area contributed by atoms with Crippen LogP contribution in [-0.4, -0.2) is 37.2 Å². The average Bonchev–Trinajstić information content (AvgIpc) is 2.69. The fourth-order valence-corrected chi connectivity index (χ4v) is 2.48. The van der Waals surface area contributed by atoms with E-state index in [1.54, 1.807) is 29.2 Å². The molecular weight excluding hydrogens is 328 g/mol. The summed E-state index contributed by atoms with van der Waals surface area (Å²) in [7, 11) is 0. The number of hydrogen-bond acceptors (Lipinski definition) is 4. The normalized spacial score (nSPS) is 10.2. The smallest absolute Gasteiger partial charge is 0.254 e. The highest BCUT2D eigenvalue weighted by Crippen LogP contribution is 2.15. The van der Waals surface area contributed by atoms with Crippen molar-refractivity contribution in [2.75, 3.05) is 26.4 Å². The fourth-order valence-electron chi connectivity index (χ4n) is 2.48. The summed E-state index contributed by atoms with van der Waals surface area (Å²) in [6, 6.07) is 18.9. The van der Waals surface area contributed by atoms with E-state index in [-0.39, 0.29) is 5.91 Å². The number of benzene rings is 2. The molecule has 1 amide bonds. The predicted octanol–water partition coefficient (Wildman–Crippen LogP) is 3.66. The van der Waals surface area contributed by atoms with Crippen molar-refractivity contribution in [2.45, 2.75) is 19.9 Å². The van der Waals surface area contributed by atoms with Gasteiger partial charge in [0.1, 0.15) is 12.4 Å². The van der Waals surface area contributed by atoms with E-state index in [9.17, 15) is 4.79 Å². The molecule has 0 bridgehead atoms. The van der Waals surface area contributed by atoms with Gasteiger partial charge in [0.25, 0.3) is 5.91 Å². The van der Waals surface area contributed by atoms with Crippen LogP contribution >= 0.6 is 0 Å². The summed E-state index contributed by atoms with van der Waals surface area (Å²) in [5.74, 6) is 0.609. The van der Waals surface area contributed by atoms with E-state index in [4.69, 9.17) is 14.7 Å². The van der Waals surface area contributed by atoms with Crippen molar-refractivity contribution in [2.24, 2.45) is 0 Å². The molecule has 5 heteroatoms. The first-order chi connectivity index (χ1) is 12.7. The Bertz CT molecular complexity index is 708. The van der Waals surface area contributed by atoms with E-state index in [0.29, 0.717) is 50.6 Å². The van der Waals surface area contributed by atoms with Crippen LogP contribution < -0.4 is 4.74 Å². The summed E-state index contributed by atoms with van der Waals surface area (Å²) < 4.78 is 10.8. The first-order valence-electron chi connectivity index (χ1n) is 8.75. The lowest BCUT2D eigenvalue weighted by molar-refractivity contribution is 0.0746. The minimum Gasteiger partial charge on any atom is -0.491 e. The highest BCUT2D eigenvalue weighted by atomic mass is 16.5. The second kappa shape index (κ2) is 10.9. The summed E-state index contributed by atoms with van der Waals surface area (Å²) in [5.41, 5.74) is 1.62. The fraction of sp³-hybridized carbons (Fsp3) is 0.333. The molecule has 0 N–H and O–H groups in total. The van der Waals surface area contributed by atoms with E-state index in [1.807, 2.05) is 37.3 Å². The molecule has 0 saturated carbocycles. The average molecular weight is 352 g/mol. The molecule has 0 aliphatic carbocycles. The van der Waals surface area contributed by atoms with Crippen LogP contribution in [0.3, 0.4) is 0 Å². The molecule has 0 aromatic heterocycles. The third-order valence-corrected chi connectivity index (χ3v) is 3.80. The summed E-state index contributed by atoms with van der Waals surface area (Å²) in [6.07, 6.45) is 0.303. The van der Waals surface area contributed by atoms with Crippen molar-refractivity contribution in [3.63, 3.8) is 0 Å². The lowest BCUT2D eigenvalue weighted by atomic mass is 10.1. The Balaban J connectivity index is 2.01. The van der Waals surface area contributed by atoms with Crippen molar-refractivity contribution in [1.29, 1.82) is 5.26 Å². The predicted molar refractivity (Wildman–Crippen MR) is 99.8 cm³/mol. The second-order valence-corrected chi connectivity index (χ2v) is 5.69. The molecule has 26 heavy (non-hydrogen) atoms. The number of carbonyl (C=O) groups is 1. The molecule has 0 heterocycles. The van der Waals surface area contributed by atoms with E-state index < -0.39 is 0 Å². The maximum absolute atomic E-state index is 12.8. The Labute approximate surface area is 154 Å². The Kier molecular flexibility index (Phi) is 8.17. The summed E-state index contributed by atoms with van der Waals surface area (Å²) in [4.78, 5) is 14.5. The van der Waals surface area contributed by atoms with Gasteiger partial charge in [-0.05, 0) is 36.8 Å². The Morgan fingerprint density at radius 1 is 1.08 bits per heavy atom. The minimum absolute atomic E-state index is 0.0926. The molecular formula is C21H24N2O3. The van der Waals surface area contributed by atoms with Gasteiger partial charge in [0.15, 0.2) is 0 Å². The first kappa shape index (κ1) is 19.5. The van der Waals surface area contributed by atoms with Crippen molar-refractivity contribution in [3.8, 4) is 11.8 Å². The molecule has 0 atom stereocenters. The third kappa shape index (κ3) is 6.23. The first-order valence-corrected chi connectivity index (χ1v) is 8.75. The number of nitrogens with zero attached hydrogens (tertiary/aromatic N) is 2. The highest BCUT2D eigenvalue weighted by Gasteiger charge is 2.16. The van der Waals surface area contributed by atoms with Crippen molar-refractivity contribution in [1.82, 2.24) is 4.90 Å². The van der Waals surface area contributed by atoms with Crippen LogP contribution in [0.2, 0.25) is 0 Å². The standard InChI is InChI=1S/C21H24N2O3/c1-2-25-15-16-26-20-11-9-19(10-12-20)21(24)23(14-6-13-22)17-18-7-4-3-5-8-18/h3-5,7-12H,2,6,14-17H2,1H3. The molecule has 0 spiro atoms. The Morgan fingerprint density at radius 2 is 1.81 bits per heavy atom. The number of hydrogen-bond donors (Lipinski definition) is 0. The zero-order valence-electron chi connectivity index (χ0n) is 15.1. The van der Waals surface area contributed by atoms with E-state index in [0.717, 1.165) is 5.56 Å². The van der Waals surface area contributed by atoms with Gasteiger partial charge in [-0.15, -0.1) is 0 Å². The molecule has 0 fully saturated rings. The number of rotatable bonds is 10. The van der Waals surface area contributed by atoms with E-state index in [2.05, 4.69) is 6.07 Å². The zero-order chi connectivity index (χ0) is 18.6. The van der Waals surface area contributed by atoms with E-state index >= 15 is 0 Å². The summed E-state index contributed by atoms with van der Waals surface area (Å²) in [6.45, 7) is 4.50. The van der Waals surface area contributed by atoms with Gasteiger partial charge in [0.05, 0.1) is 19.1 Å². The van der Waals surface area contributed by atoms with Crippen molar-refractivity contribution >= 4 is 5.91 Å². The molecule has 2 aromatic carbocycles. The largest absolute Gasteiger partial charge is 0.491 e. The lowest BCUT2D eigenvalue weighted by Crippen LogP contribution is -2.31. The van der Waals surface area contributed by atoms with Crippen LogP contribution in [-0.2, 0) is 11.3 Å². The SMILES string of the molecule is CCOCCOc1ccc(C(=O)N(CCC#N)Cc2ccccc2)cc1. The maximum Gasteiger partial charge on any atom is 0.254 e.